The minimum absolute atomic E-state index is 0.0497. The van der Waals surface area contributed by atoms with Crippen LogP contribution in [0, 0.1) is 35.5 Å². The number of ketones is 2. The van der Waals surface area contributed by atoms with Crippen LogP contribution in [0.1, 0.15) is 96.4 Å². The summed E-state index contributed by atoms with van der Waals surface area (Å²) in [5.74, 6) is 3.23. The highest BCUT2D eigenvalue weighted by atomic mass is 16.5. The van der Waals surface area contributed by atoms with Gasteiger partial charge in [-0.15, -0.1) is 0 Å². The molecule has 0 N–H and O–H groups in total. The summed E-state index contributed by atoms with van der Waals surface area (Å²) >= 11 is 0. The summed E-state index contributed by atoms with van der Waals surface area (Å²) in [6.07, 6.45) is 16.9. The minimum atomic E-state index is -0.634. The van der Waals surface area contributed by atoms with Gasteiger partial charge in [0.25, 0.3) is 0 Å². The Balaban J connectivity index is 1.07. The van der Waals surface area contributed by atoms with E-state index >= 15 is 9.59 Å². The van der Waals surface area contributed by atoms with Gasteiger partial charge in [0.15, 0.2) is 11.6 Å². The molecule has 12 atom stereocenters. The molecule has 4 unspecified atom stereocenters. The number of ether oxygens (including phenoxy) is 4. The second kappa shape index (κ2) is 16.8. The smallest absolute Gasteiger partial charge is 0.175 e. The lowest BCUT2D eigenvalue weighted by Crippen LogP contribution is -2.56. The number of carbonyl (C=O) groups excluding carboxylic acids is 2. The fourth-order valence-electron chi connectivity index (χ4n) is 12.6. The average Bonchev–Trinajstić information content (AvgIpc) is 3.36. The Morgan fingerprint density at radius 1 is 0.625 bits per heavy atom. The van der Waals surface area contributed by atoms with Gasteiger partial charge in [-0.05, 0) is 123 Å². The van der Waals surface area contributed by atoms with Crippen LogP contribution in [0.15, 0.2) is 97.4 Å². The Kier molecular flexibility index (Phi) is 10.8. The van der Waals surface area contributed by atoms with Crippen LogP contribution in [-0.2, 0) is 0 Å². The van der Waals surface area contributed by atoms with E-state index in [4.69, 9.17) is 28.9 Å². The number of pyridine rings is 2. The van der Waals surface area contributed by atoms with E-state index in [-0.39, 0.29) is 23.7 Å². The van der Waals surface area contributed by atoms with Gasteiger partial charge < -0.3 is 18.9 Å². The number of hydrogen-bond acceptors (Lipinski definition) is 10. The molecule has 10 heteroatoms. The van der Waals surface area contributed by atoms with Gasteiger partial charge in [0.05, 0.1) is 60.3 Å². The maximum absolute atomic E-state index is 15.2. The maximum atomic E-state index is 15.2. The molecule has 3 aromatic carbocycles. The normalized spacial score (nSPS) is 29.9. The van der Waals surface area contributed by atoms with Crippen LogP contribution < -0.4 is 18.9 Å². The molecule has 5 aromatic rings. The molecule has 0 saturated carbocycles. The van der Waals surface area contributed by atoms with Crippen molar-refractivity contribution in [2.24, 2.45) is 35.5 Å². The lowest BCUT2D eigenvalue weighted by atomic mass is 9.71. The molecular formula is C54H58N4O6. The molecule has 2 aliphatic carbocycles. The van der Waals surface area contributed by atoms with E-state index in [2.05, 4.69) is 35.8 Å². The first-order valence-electron chi connectivity index (χ1n) is 23.6. The molecule has 0 spiro atoms. The van der Waals surface area contributed by atoms with Crippen LogP contribution in [-0.4, -0.2) is 83.8 Å². The summed E-state index contributed by atoms with van der Waals surface area (Å²) in [4.78, 5) is 45.1. The molecule has 13 rings (SSSR count). The minimum Gasteiger partial charge on any atom is -0.497 e. The Bertz CT molecular complexity index is 2510. The van der Waals surface area contributed by atoms with Crippen LogP contribution >= 0.6 is 0 Å². The molecule has 0 amide bonds. The lowest BCUT2D eigenvalue weighted by molar-refractivity contribution is -0.0494. The second-order valence-electron chi connectivity index (χ2n) is 19.0. The highest BCUT2D eigenvalue weighted by Gasteiger charge is 2.49. The van der Waals surface area contributed by atoms with Crippen LogP contribution in [0.4, 0.5) is 0 Å². The van der Waals surface area contributed by atoms with Gasteiger partial charge in [-0.3, -0.25) is 29.4 Å². The van der Waals surface area contributed by atoms with Gasteiger partial charge in [0, 0.05) is 47.4 Å². The van der Waals surface area contributed by atoms with Crippen molar-refractivity contribution in [3.05, 3.63) is 120 Å². The highest BCUT2D eigenvalue weighted by Crippen LogP contribution is 2.50. The molecule has 0 radical (unpaired) electrons. The molecular weight excluding hydrogens is 801 g/mol. The van der Waals surface area contributed by atoms with Crippen molar-refractivity contribution >= 4 is 33.4 Å². The number of methoxy groups -OCH3 is 2. The van der Waals surface area contributed by atoms with E-state index in [9.17, 15) is 0 Å². The third-order valence-electron chi connectivity index (χ3n) is 16.1. The molecule has 8 aliphatic rings. The molecule has 8 heterocycles. The number of allylic oxidation sites excluding steroid dienone is 4. The van der Waals surface area contributed by atoms with Gasteiger partial charge in [-0.25, -0.2) is 0 Å². The summed E-state index contributed by atoms with van der Waals surface area (Å²) in [5, 5.41) is 1.90. The molecule has 330 valence electrons. The number of carbonyl (C=O) groups is 2. The van der Waals surface area contributed by atoms with Crippen LogP contribution in [0.3, 0.4) is 0 Å². The summed E-state index contributed by atoms with van der Waals surface area (Å²) in [6.45, 7) is 8.61. The van der Waals surface area contributed by atoms with E-state index in [0.717, 1.165) is 96.3 Å². The molecule has 4 bridgehead atoms. The van der Waals surface area contributed by atoms with Gasteiger partial charge in [0.2, 0.25) is 0 Å². The van der Waals surface area contributed by atoms with Crippen LogP contribution in [0.2, 0.25) is 0 Å². The number of benzene rings is 3. The Hall–Kier alpha value is -5.58. The van der Waals surface area contributed by atoms with Crippen LogP contribution in [0.25, 0.3) is 21.8 Å². The van der Waals surface area contributed by atoms with Crippen LogP contribution in [0.5, 0.6) is 23.0 Å². The number of Topliss-reactive ketones (excluding diaryl/α,β-unsaturated/α-hetero) is 2. The summed E-state index contributed by atoms with van der Waals surface area (Å²) in [5.41, 5.74) is 4.29. The first-order chi connectivity index (χ1) is 31.3. The van der Waals surface area contributed by atoms with Gasteiger partial charge in [0.1, 0.15) is 35.2 Å². The van der Waals surface area contributed by atoms with E-state index in [1.807, 2.05) is 85.2 Å². The first kappa shape index (κ1) is 41.1. The molecule has 6 aliphatic heterocycles. The topological polar surface area (TPSA) is 103 Å². The largest absolute Gasteiger partial charge is 0.497 e. The molecule has 10 nitrogen and oxygen atoms in total. The SMILES string of the molecule is CC[C@@H]1CN2CC[C@H]1C[C@H]2[C@H](Oc1ccc(O[C@H](c2ccnc3ccc(OC)cc23)[C@@H]2C[C@@H]3CCN2C[C@H]3CC)c2c1C(=O)C1C=CC=CC1C2=O)c1ccnc2ccc(OC)cc12. The molecule has 6 saturated heterocycles. The molecule has 6 fully saturated rings. The van der Waals surface area contributed by atoms with Gasteiger partial charge >= 0.3 is 0 Å². The maximum Gasteiger partial charge on any atom is 0.175 e. The van der Waals surface area contributed by atoms with Gasteiger partial charge in [-0.1, -0.05) is 51.0 Å². The molecule has 64 heavy (non-hydrogen) atoms. The number of hydrogen-bond donors (Lipinski definition) is 0. The number of rotatable bonds is 12. The predicted octanol–water partition coefficient (Wildman–Crippen LogP) is 10.0. The Morgan fingerprint density at radius 2 is 1.08 bits per heavy atom. The number of aromatic nitrogens is 2. The Labute approximate surface area is 375 Å². The van der Waals surface area contributed by atoms with Crippen molar-refractivity contribution in [2.75, 3.05) is 40.4 Å². The second-order valence-corrected chi connectivity index (χ2v) is 19.0. The quantitative estimate of drug-likeness (QED) is 0.121. The fourth-order valence-corrected chi connectivity index (χ4v) is 12.6. The van der Waals surface area contributed by atoms with E-state index < -0.39 is 24.0 Å². The van der Waals surface area contributed by atoms with Crippen molar-refractivity contribution in [2.45, 2.75) is 76.7 Å². The van der Waals surface area contributed by atoms with E-state index in [1.54, 1.807) is 14.2 Å². The highest BCUT2D eigenvalue weighted by molar-refractivity contribution is 6.20. The molecule has 2 aromatic heterocycles. The summed E-state index contributed by atoms with van der Waals surface area (Å²) in [6, 6.07) is 19.9. The average molecular weight is 859 g/mol. The van der Waals surface area contributed by atoms with Crippen molar-refractivity contribution in [3.8, 4) is 23.0 Å². The van der Waals surface area contributed by atoms with Crippen molar-refractivity contribution in [1.82, 2.24) is 19.8 Å². The fraction of sp³-hybridized carbons (Fsp3) is 0.444. The number of nitrogens with zero attached hydrogens (tertiary/aromatic N) is 4. The zero-order valence-corrected chi connectivity index (χ0v) is 37.3. The third-order valence-corrected chi connectivity index (χ3v) is 16.1. The summed E-state index contributed by atoms with van der Waals surface area (Å²) in [7, 11) is 3.36. The van der Waals surface area contributed by atoms with Crippen molar-refractivity contribution < 1.29 is 28.5 Å². The number of fused-ring (bicyclic) bond motifs is 10. The predicted molar refractivity (Wildman–Crippen MR) is 247 cm³/mol. The summed E-state index contributed by atoms with van der Waals surface area (Å²) < 4.78 is 26.3. The van der Waals surface area contributed by atoms with E-state index in [1.165, 1.54) is 12.8 Å². The monoisotopic (exact) mass is 858 g/mol. The zero-order chi connectivity index (χ0) is 43.6. The number of piperidine rings is 6. The van der Waals surface area contributed by atoms with E-state index in [0.29, 0.717) is 46.3 Å². The lowest BCUT2D eigenvalue weighted by Gasteiger charge is -2.52. The Morgan fingerprint density at radius 3 is 1.47 bits per heavy atom. The van der Waals surface area contributed by atoms with Crippen molar-refractivity contribution in [1.29, 1.82) is 0 Å². The van der Waals surface area contributed by atoms with Crippen molar-refractivity contribution in [3.63, 3.8) is 0 Å². The van der Waals surface area contributed by atoms with Gasteiger partial charge in [-0.2, -0.15) is 0 Å². The first-order valence-corrected chi connectivity index (χ1v) is 23.6. The third kappa shape index (κ3) is 6.90. The zero-order valence-electron chi connectivity index (χ0n) is 37.3. The standard InChI is InChI=1S/C54H58N4O6/c1-5-31-29-57-23-19-33(31)25-45(57)53(39-17-21-55-43-13-11-35(61-3)27-41(39)43)63-47-15-16-48(50-49(47)51(59)37-9-7-8-10-38(37)52(50)60)64-54(46-26-34-20-24-58(46)30-32(34)6-2)40-18-22-56-44-14-12-36(62-4)28-42(40)44/h7-18,21-22,27-28,31-34,37-38,45-46,53-54H,5-6,19-20,23-26,29-30H2,1-4H3/t31-,32-,33+,34+,37?,38?,45+,46+,53-,54-/m1/s1.